The van der Waals surface area contributed by atoms with Crippen molar-refractivity contribution in [3.8, 4) is 0 Å². The van der Waals surface area contributed by atoms with E-state index in [1.54, 1.807) is 4.90 Å². The van der Waals surface area contributed by atoms with E-state index in [1.807, 2.05) is 6.92 Å². The van der Waals surface area contributed by atoms with E-state index in [9.17, 15) is 9.59 Å². The van der Waals surface area contributed by atoms with Crippen molar-refractivity contribution >= 4 is 11.8 Å². The second kappa shape index (κ2) is 5.73. The highest BCUT2D eigenvalue weighted by Crippen LogP contribution is 2.08. The third-order valence-corrected chi connectivity index (χ3v) is 2.63. The molecule has 1 atom stereocenters. The second-order valence-electron chi connectivity index (χ2n) is 4.18. The van der Waals surface area contributed by atoms with Crippen LogP contribution in [0.2, 0.25) is 0 Å². The van der Waals surface area contributed by atoms with Crippen molar-refractivity contribution in [3.05, 3.63) is 0 Å². The number of carbonyl (C=O) groups excluding carboxylic acids is 2. The van der Waals surface area contributed by atoms with E-state index in [0.29, 0.717) is 6.42 Å². The van der Waals surface area contributed by atoms with Crippen molar-refractivity contribution in [2.24, 2.45) is 0 Å². The molecule has 1 saturated heterocycles. The first-order valence-corrected chi connectivity index (χ1v) is 5.70. The maximum absolute atomic E-state index is 11.5. The summed E-state index contributed by atoms with van der Waals surface area (Å²) < 4.78 is 0. The lowest BCUT2D eigenvalue weighted by Gasteiger charge is -2.17. The predicted octanol–water partition coefficient (Wildman–Crippen LogP) is 0.914. The van der Waals surface area contributed by atoms with Gasteiger partial charge in [-0.3, -0.25) is 9.59 Å². The summed E-state index contributed by atoms with van der Waals surface area (Å²) in [6.07, 6.45) is 3.53. The highest BCUT2D eigenvalue weighted by Gasteiger charge is 2.22. The summed E-state index contributed by atoms with van der Waals surface area (Å²) in [6.45, 7) is 5.04. The molecule has 1 heterocycles. The lowest BCUT2D eigenvalue weighted by molar-refractivity contribution is -0.133. The van der Waals surface area contributed by atoms with Crippen LogP contribution < -0.4 is 5.32 Å². The highest BCUT2D eigenvalue weighted by molar-refractivity contribution is 5.85. The zero-order chi connectivity index (χ0) is 11.3. The largest absolute Gasteiger partial charge is 0.352 e. The minimum absolute atomic E-state index is 0.0359. The highest BCUT2D eigenvalue weighted by atomic mass is 16.2. The smallest absolute Gasteiger partial charge is 0.239 e. The number of rotatable bonds is 5. The van der Waals surface area contributed by atoms with Gasteiger partial charge in [0.05, 0.1) is 6.54 Å². The van der Waals surface area contributed by atoms with Gasteiger partial charge in [0.15, 0.2) is 0 Å². The lowest BCUT2D eigenvalue weighted by Crippen LogP contribution is -2.41. The third-order valence-electron chi connectivity index (χ3n) is 2.63. The first kappa shape index (κ1) is 12.0. The Morgan fingerprint density at radius 3 is 2.87 bits per heavy atom. The van der Waals surface area contributed by atoms with Gasteiger partial charge in [0, 0.05) is 19.0 Å². The van der Waals surface area contributed by atoms with Crippen molar-refractivity contribution in [2.45, 2.75) is 45.6 Å². The van der Waals surface area contributed by atoms with Crippen LogP contribution in [-0.4, -0.2) is 35.8 Å². The number of hydrogen-bond acceptors (Lipinski definition) is 2. The Morgan fingerprint density at radius 2 is 2.33 bits per heavy atom. The number of amides is 2. The molecule has 1 fully saturated rings. The fourth-order valence-corrected chi connectivity index (χ4v) is 1.87. The maximum atomic E-state index is 11.5. The summed E-state index contributed by atoms with van der Waals surface area (Å²) in [5.41, 5.74) is 0. The molecular weight excluding hydrogens is 192 g/mol. The van der Waals surface area contributed by atoms with Crippen LogP contribution in [0.15, 0.2) is 0 Å². The summed E-state index contributed by atoms with van der Waals surface area (Å²) in [6, 6.07) is 0.209. The molecule has 2 amide bonds. The molecule has 0 bridgehead atoms. The summed E-state index contributed by atoms with van der Waals surface area (Å²) in [5.74, 6) is 0.0690. The Balaban J connectivity index is 2.26. The molecule has 1 aliphatic heterocycles. The van der Waals surface area contributed by atoms with Gasteiger partial charge >= 0.3 is 0 Å². The Bertz CT molecular complexity index is 241. The third kappa shape index (κ3) is 3.90. The maximum Gasteiger partial charge on any atom is 0.239 e. The van der Waals surface area contributed by atoms with Crippen LogP contribution in [0.3, 0.4) is 0 Å². The van der Waals surface area contributed by atoms with Crippen LogP contribution in [0.1, 0.15) is 39.5 Å². The standard InChI is InChI=1S/C11H20N2O2/c1-3-5-9(2)12-10(14)8-13-7-4-6-11(13)15/h9H,3-8H2,1-2H3,(H,12,14). The summed E-state index contributed by atoms with van der Waals surface area (Å²) in [4.78, 5) is 24.4. The molecule has 1 rings (SSSR count). The number of nitrogens with zero attached hydrogens (tertiary/aromatic N) is 1. The van der Waals surface area contributed by atoms with Gasteiger partial charge in [-0.2, -0.15) is 0 Å². The lowest BCUT2D eigenvalue weighted by atomic mass is 10.2. The van der Waals surface area contributed by atoms with E-state index in [4.69, 9.17) is 0 Å². The minimum atomic E-state index is -0.0359. The molecular formula is C11H20N2O2. The van der Waals surface area contributed by atoms with Crippen molar-refractivity contribution in [1.82, 2.24) is 10.2 Å². The molecule has 0 radical (unpaired) electrons. The van der Waals surface area contributed by atoms with E-state index in [0.717, 1.165) is 25.8 Å². The molecule has 4 nitrogen and oxygen atoms in total. The van der Waals surface area contributed by atoms with Gasteiger partial charge in [-0.15, -0.1) is 0 Å². The number of carbonyl (C=O) groups is 2. The van der Waals surface area contributed by atoms with Crippen LogP contribution in [0.4, 0.5) is 0 Å². The second-order valence-corrected chi connectivity index (χ2v) is 4.18. The summed E-state index contributed by atoms with van der Waals surface area (Å²) >= 11 is 0. The van der Waals surface area contributed by atoms with Gasteiger partial charge in [-0.05, 0) is 19.8 Å². The molecule has 0 aromatic heterocycles. The quantitative estimate of drug-likeness (QED) is 0.736. The Morgan fingerprint density at radius 1 is 1.60 bits per heavy atom. The number of hydrogen-bond donors (Lipinski definition) is 1. The number of nitrogens with one attached hydrogen (secondary N) is 1. The van der Waals surface area contributed by atoms with Crippen LogP contribution in [-0.2, 0) is 9.59 Å². The van der Waals surface area contributed by atoms with Gasteiger partial charge in [0.25, 0.3) is 0 Å². The first-order chi connectivity index (χ1) is 7.13. The molecule has 0 aromatic carbocycles. The van der Waals surface area contributed by atoms with Crippen LogP contribution >= 0.6 is 0 Å². The first-order valence-electron chi connectivity index (χ1n) is 5.70. The number of likely N-dealkylation sites (tertiary alicyclic amines) is 1. The molecule has 1 aliphatic rings. The molecule has 1 unspecified atom stereocenters. The SMILES string of the molecule is CCCC(C)NC(=O)CN1CCCC1=O. The fraction of sp³-hybridized carbons (Fsp3) is 0.818. The van der Waals surface area contributed by atoms with E-state index < -0.39 is 0 Å². The van der Waals surface area contributed by atoms with Crippen LogP contribution in [0, 0.1) is 0 Å². The van der Waals surface area contributed by atoms with Crippen molar-refractivity contribution < 1.29 is 9.59 Å². The Labute approximate surface area is 91.0 Å². The van der Waals surface area contributed by atoms with E-state index >= 15 is 0 Å². The zero-order valence-corrected chi connectivity index (χ0v) is 9.58. The average Bonchev–Trinajstić information content (AvgIpc) is 2.52. The molecule has 15 heavy (non-hydrogen) atoms. The predicted molar refractivity (Wildman–Crippen MR) is 58.3 cm³/mol. The van der Waals surface area contributed by atoms with Crippen LogP contribution in [0.25, 0.3) is 0 Å². The van der Waals surface area contributed by atoms with Crippen molar-refractivity contribution in [2.75, 3.05) is 13.1 Å². The fourth-order valence-electron chi connectivity index (χ4n) is 1.87. The topological polar surface area (TPSA) is 49.4 Å². The summed E-state index contributed by atoms with van der Waals surface area (Å²) in [7, 11) is 0. The molecule has 0 saturated carbocycles. The van der Waals surface area contributed by atoms with E-state index in [1.165, 1.54) is 0 Å². The van der Waals surface area contributed by atoms with Gasteiger partial charge in [-0.25, -0.2) is 0 Å². The molecule has 0 aromatic rings. The van der Waals surface area contributed by atoms with Crippen LogP contribution in [0.5, 0.6) is 0 Å². The Hall–Kier alpha value is -1.06. The van der Waals surface area contributed by atoms with Crippen molar-refractivity contribution in [3.63, 3.8) is 0 Å². The average molecular weight is 212 g/mol. The zero-order valence-electron chi connectivity index (χ0n) is 9.58. The van der Waals surface area contributed by atoms with Gasteiger partial charge in [0.1, 0.15) is 0 Å². The van der Waals surface area contributed by atoms with E-state index in [-0.39, 0.29) is 24.4 Å². The summed E-state index contributed by atoms with van der Waals surface area (Å²) in [5, 5.41) is 2.90. The van der Waals surface area contributed by atoms with Gasteiger partial charge in [-0.1, -0.05) is 13.3 Å². The molecule has 0 aliphatic carbocycles. The molecule has 0 spiro atoms. The molecule has 4 heteroatoms. The Kier molecular flexibility index (Phi) is 4.59. The molecule has 86 valence electrons. The van der Waals surface area contributed by atoms with Gasteiger partial charge < -0.3 is 10.2 Å². The van der Waals surface area contributed by atoms with Crippen molar-refractivity contribution in [1.29, 1.82) is 0 Å². The minimum Gasteiger partial charge on any atom is -0.352 e. The monoisotopic (exact) mass is 212 g/mol. The molecule has 1 N–H and O–H groups in total. The normalized spacial score (nSPS) is 18.0. The van der Waals surface area contributed by atoms with E-state index in [2.05, 4.69) is 12.2 Å². The van der Waals surface area contributed by atoms with Gasteiger partial charge in [0.2, 0.25) is 11.8 Å².